The lowest BCUT2D eigenvalue weighted by molar-refractivity contribution is 0.576. The summed E-state index contributed by atoms with van der Waals surface area (Å²) in [7, 11) is 0. The Labute approximate surface area is 134 Å². The van der Waals surface area contributed by atoms with E-state index in [2.05, 4.69) is 58.9 Å². The third-order valence-electron chi connectivity index (χ3n) is 4.35. The van der Waals surface area contributed by atoms with E-state index in [1.165, 1.54) is 25.7 Å². The standard InChI is InChI=1S/C19H18N2S/c1-14(8-10-21-11-9-20-13-21)15-6-7-19-17(12-15)16-4-2-3-5-18(16)22-19/h2-7,9,11-14H,8,10H2,1H3. The molecular formula is C19H18N2S. The number of fused-ring (bicyclic) bond motifs is 3. The predicted octanol–water partition coefficient (Wildman–Crippen LogP) is 5.44. The summed E-state index contributed by atoms with van der Waals surface area (Å²) >= 11 is 1.88. The highest BCUT2D eigenvalue weighted by Gasteiger charge is 2.10. The summed E-state index contributed by atoms with van der Waals surface area (Å²) < 4.78 is 4.90. The van der Waals surface area contributed by atoms with E-state index in [4.69, 9.17) is 0 Å². The second-order valence-electron chi connectivity index (χ2n) is 5.84. The van der Waals surface area contributed by atoms with Crippen LogP contribution >= 0.6 is 11.3 Å². The summed E-state index contributed by atoms with van der Waals surface area (Å²) in [5, 5.41) is 2.78. The van der Waals surface area contributed by atoms with Gasteiger partial charge in [-0.1, -0.05) is 31.2 Å². The Kier molecular flexibility index (Phi) is 3.43. The van der Waals surface area contributed by atoms with Crippen molar-refractivity contribution in [1.29, 1.82) is 0 Å². The Bertz CT molecular complexity index is 906. The van der Waals surface area contributed by atoms with Crippen LogP contribution in [0, 0.1) is 0 Å². The van der Waals surface area contributed by atoms with Gasteiger partial charge in [0.25, 0.3) is 0 Å². The lowest BCUT2D eigenvalue weighted by Gasteiger charge is -2.12. The number of benzene rings is 2. The Balaban J connectivity index is 1.65. The van der Waals surface area contributed by atoms with Crippen LogP contribution < -0.4 is 0 Å². The van der Waals surface area contributed by atoms with Gasteiger partial charge in [-0.3, -0.25) is 0 Å². The van der Waals surface area contributed by atoms with Crippen LogP contribution in [0.5, 0.6) is 0 Å². The number of hydrogen-bond donors (Lipinski definition) is 0. The molecule has 1 atom stereocenters. The zero-order valence-electron chi connectivity index (χ0n) is 12.6. The van der Waals surface area contributed by atoms with Crippen molar-refractivity contribution in [2.75, 3.05) is 0 Å². The molecule has 0 N–H and O–H groups in total. The number of thiophene rings is 1. The topological polar surface area (TPSA) is 17.8 Å². The van der Waals surface area contributed by atoms with Crippen molar-refractivity contribution in [3.63, 3.8) is 0 Å². The molecule has 0 radical (unpaired) electrons. The SMILES string of the molecule is CC(CCn1ccnc1)c1ccc2sc3ccccc3c2c1. The molecule has 2 aromatic carbocycles. The zero-order valence-corrected chi connectivity index (χ0v) is 13.4. The minimum absolute atomic E-state index is 0.547. The third kappa shape index (κ3) is 2.42. The van der Waals surface area contributed by atoms with Gasteiger partial charge in [0, 0.05) is 39.1 Å². The number of imidazole rings is 1. The molecule has 0 aliphatic rings. The molecule has 22 heavy (non-hydrogen) atoms. The molecule has 0 amide bonds. The summed E-state index contributed by atoms with van der Waals surface area (Å²) in [6.07, 6.45) is 6.89. The van der Waals surface area contributed by atoms with Gasteiger partial charge in [0.2, 0.25) is 0 Å². The van der Waals surface area contributed by atoms with E-state index in [0.29, 0.717) is 5.92 Å². The van der Waals surface area contributed by atoms with E-state index in [0.717, 1.165) is 13.0 Å². The van der Waals surface area contributed by atoms with Crippen molar-refractivity contribution in [3.05, 3.63) is 66.7 Å². The highest BCUT2D eigenvalue weighted by atomic mass is 32.1. The molecule has 1 unspecified atom stereocenters. The maximum Gasteiger partial charge on any atom is 0.0945 e. The molecule has 2 heterocycles. The van der Waals surface area contributed by atoms with Crippen LogP contribution in [0.1, 0.15) is 24.8 Å². The monoisotopic (exact) mass is 306 g/mol. The van der Waals surface area contributed by atoms with Crippen molar-refractivity contribution < 1.29 is 0 Å². The molecule has 0 bridgehead atoms. The number of rotatable bonds is 4. The van der Waals surface area contributed by atoms with Crippen molar-refractivity contribution in [1.82, 2.24) is 9.55 Å². The maximum atomic E-state index is 4.11. The highest BCUT2D eigenvalue weighted by molar-refractivity contribution is 7.25. The molecule has 0 aliphatic heterocycles. The summed E-state index contributed by atoms with van der Waals surface area (Å²) in [5.41, 5.74) is 1.43. The molecule has 0 spiro atoms. The van der Waals surface area contributed by atoms with Gasteiger partial charge in [-0.15, -0.1) is 11.3 Å². The number of hydrogen-bond acceptors (Lipinski definition) is 2. The fourth-order valence-electron chi connectivity index (χ4n) is 2.98. The van der Waals surface area contributed by atoms with Crippen molar-refractivity contribution in [2.24, 2.45) is 0 Å². The molecule has 0 fully saturated rings. The number of aryl methyl sites for hydroxylation is 1. The van der Waals surface area contributed by atoms with E-state index in [1.54, 1.807) is 0 Å². The minimum atomic E-state index is 0.547. The van der Waals surface area contributed by atoms with Crippen LogP contribution in [-0.2, 0) is 6.54 Å². The summed E-state index contributed by atoms with van der Waals surface area (Å²) in [6.45, 7) is 3.33. The summed E-state index contributed by atoms with van der Waals surface area (Å²) in [4.78, 5) is 4.11. The third-order valence-corrected chi connectivity index (χ3v) is 5.50. The van der Waals surface area contributed by atoms with Crippen LogP contribution in [0.4, 0.5) is 0 Å². The smallest absolute Gasteiger partial charge is 0.0945 e. The van der Waals surface area contributed by atoms with E-state index >= 15 is 0 Å². The van der Waals surface area contributed by atoms with Crippen LogP contribution in [0.3, 0.4) is 0 Å². The molecule has 0 aliphatic carbocycles. The first-order valence-corrected chi connectivity index (χ1v) is 8.50. The van der Waals surface area contributed by atoms with Gasteiger partial charge in [0.15, 0.2) is 0 Å². The van der Waals surface area contributed by atoms with E-state index in [1.807, 2.05) is 30.1 Å². The van der Waals surface area contributed by atoms with Gasteiger partial charge >= 0.3 is 0 Å². The molecule has 0 saturated carbocycles. The van der Waals surface area contributed by atoms with E-state index in [9.17, 15) is 0 Å². The fourth-order valence-corrected chi connectivity index (χ4v) is 4.07. The van der Waals surface area contributed by atoms with Crippen LogP contribution in [0.2, 0.25) is 0 Å². The normalized spacial score (nSPS) is 13.0. The Hall–Kier alpha value is -2.13. The molecule has 0 saturated heterocycles. The predicted molar refractivity (Wildman–Crippen MR) is 94.6 cm³/mol. The molecule has 2 nitrogen and oxygen atoms in total. The molecule has 4 aromatic rings. The zero-order chi connectivity index (χ0) is 14.9. The summed E-state index contributed by atoms with van der Waals surface area (Å²) in [5.74, 6) is 0.547. The first kappa shape index (κ1) is 13.5. The summed E-state index contributed by atoms with van der Waals surface area (Å²) in [6, 6.07) is 15.6. The van der Waals surface area contributed by atoms with Gasteiger partial charge in [-0.05, 0) is 36.1 Å². The molecule has 110 valence electrons. The minimum Gasteiger partial charge on any atom is -0.337 e. The average molecular weight is 306 g/mol. The van der Waals surface area contributed by atoms with Gasteiger partial charge in [-0.2, -0.15) is 0 Å². The lowest BCUT2D eigenvalue weighted by Crippen LogP contribution is -2.01. The van der Waals surface area contributed by atoms with Gasteiger partial charge < -0.3 is 4.57 Å². The second-order valence-corrected chi connectivity index (χ2v) is 6.93. The second kappa shape index (κ2) is 5.58. The lowest BCUT2D eigenvalue weighted by atomic mass is 9.96. The molecule has 2 aromatic heterocycles. The Morgan fingerprint density at radius 2 is 1.95 bits per heavy atom. The van der Waals surface area contributed by atoms with E-state index in [-0.39, 0.29) is 0 Å². The number of aromatic nitrogens is 2. The quantitative estimate of drug-likeness (QED) is 0.490. The van der Waals surface area contributed by atoms with Crippen LogP contribution in [-0.4, -0.2) is 9.55 Å². The molecular weight excluding hydrogens is 288 g/mol. The van der Waals surface area contributed by atoms with Crippen molar-refractivity contribution >= 4 is 31.5 Å². The van der Waals surface area contributed by atoms with Gasteiger partial charge in [-0.25, -0.2) is 4.98 Å². The van der Waals surface area contributed by atoms with Crippen molar-refractivity contribution in [3.8, 4) is 0 Å². The van der Waals surface area contributed by atoms with Crippen LogP contribution in [0.15, 0.2) is 61.2 Å². The molecule has 4 rings (SSSR count). The number of nitrogens with zero attached hydrogens (tertiary/aromatic N) is 2. The molecule has 3 heteroatoms. The van der Waals surface area contributed by atoms with Crippen LogP contribution in [0.25, 0.3) is 20.2 Å². The Morgan fingerprint density at radius 1 is 1.09 bits per heavy atom. The van der Waals surface area contributed by atoms with Crippen molar-refractivity contribution in [2.45, 2.75) is 25.8 Å². The van der Waals surface area contributed by atoms with E-state index < -0.39 is 0 Å². The van der Waals surface area contributed by atoms with Gasteiger partial charge in [0.1, 0.15) is 0 Å². The average Bonchev–Trinajstić information content (AvgIpc) is 3.19. The first-order valence-electron chi connectivity index (χ1n) is 7.68. The van der Waals surface area contributed by atoms with Gasteiger partial charge in [0.05, 0.1) is 6.33 Å². The first-order chi connectivity index (χ1) is 10.8. The largest absolute Gasteiger partial charge is 0.337 e. The maximum absolute atomic E-state index is 4.11. The highest BCUT2D eigenvalue weighted by Crippen LogP contribution is 2.35. The Morgan fingerprint density at radius 3 is 2.82 bits per heavy atom. The fraction of sp³-hybridized carbons (Fsp3) is 0.211.